The monoisotopic (exact) mass is 523 g/mol. The highest BCUT2D eigenvalue weighted by Crippen LogP contribution is 2.31. The number of likely N-dealkylation sites (N-methyl/N-ethyl adjacent to an activating group) is 1. The topological polar surface area (TPSA) is 59.8 Å². The van der Waals surface area contributed by atoms with Gasteiger partial charge in [0.1, 0.15) is 23.9 Å². The van der Waals surface area contributed by atoms with Crippen LogP contribution in [0.15, 0.2) is 102 Å². The first-order chi connectivity index (χ1) is 19.0. The maximum Gasteiger partial charge on any atom is 0.228 e. The minimum absolute atomic E-state index is 0.623. The molecule has 5 rings (SSSR count). The number of anilines is 1. The van der Waals surface area contributed by atoms with Crippen molar-refractivity contribution >= 4 is 16.8 Å². The van der Waals surface area contributed by atoms with Crippen molar-refractivity contribution in [3.63, 3.8) is 0 Å². The Labute approximate surface area is 231 Å². The number of hydrogen-bond donors (Lipinski definition) is 1. The summed E-state index contributed by atoms with van der Waals surface area (Å²) in [4.78, 5) is 6.49. The first kappa shape index (κ1) is 27.7. The van der Waals surface area contributed by atoms with Gasteiger partial charge in [0.25, 0.3) is 0 Å². The number of methoxy groups -OCH3 is 1. The molecule has 6 nitrogen and oxygen atoms in total. The van der Waals surface area contributed by atoms with Crippen LogP contribution in [0.4, 0.5) is 5.69 Å². The molecular weight excluding hydrogens is 486 g/mol. The summed E-state index contributed by atoms with van der Waals surface area (Å²) in [6, 6.07) is 30.4. The van der Waals surface area contributed by atoms with E-state index in [0.29, 0.717) is 12.3 Å². The van der Waals surface area contributed by atoms with E-state index in [1.54, 1.807) is 13.3 Å². The Morgan fingerprint density at radius 2 is 1.67 bits per heavy atom. The Kier molecular flexibility index (Phi) is 9.98. The molecule has 2 heterocycles. The zero-order chi connectivity index (χ0) is 27.5. The van der Waals surface area contributed by atoms with Crippen molar-refractivity contribution in [2.75, 3.05) is 46.2 Å². The summed E-state index contributed by atoms with van der Waals surface area (Å²) >= 11 is 0. The summed E-state index contributed by atoms with van der Waals surface area (Å²) in [5, 5.41) is 4.49. The molecule has 0 aliphatic rings. The van der Waals surface area contributed by atoms with Crippen molar-refractivity contribution in [3.8, 4) is 22.8 Å². The molecule has 3 aromatic carbocycles. The van der Waals surface area contributed by atoms with Crippen LogP contribution in [-0.2, 0) is 6.42 Å². The third kappa shape index (κ3) is 8.35. The SMILES string of the molecule is COc1cccc(CCNc2ccnc3oc(-c4ccc(OCCN(C)C)cc4)cc23)c1.Cc1ccccc1. The standard InChI is InChI=1S/C26H29N3O3.C7H8/c1-29(2)15-16-31-21-9-7-20(8-10-21)25-18-23-24(12-14-28-26(23)32-25)27-13-11-19-5-4-6-22(17-19)30-3;1-7-5-3-2-4-6-7/h4-10,12,14,17-18H,11,13,15-16H2,1-3H3,(H,27,28);2-6H,1H3. The van der Waals surface area contributed by atoms with Gasteiger partial charge in [0.05, 0.1) is 12.5 Å². The summed E-state index contributed by atoms with van der Waals surface area (Å²) in [5.74, 6) is 2.52. The van der Waals surface area contributed by atoms with Crippen LogP contribution in [-0.4, -0.2) is 50.8 Å². The molecule has 0 spiro atoms. The lowest BCUT2D eigenvalue weighted by atomic mass is 10.1. The van der Waals surface area contributed by atoms with Gasteiger partial charge in [0, 0.05) is 30.5 Å². The molecule has 0 saturated heterocycles. The summed E-state index contributed by atoms with van der Waals surface area (Å²) in [6.45, 7) is 4.42. The second-order valence-corrected chi connectivity index (χ2v) is 9.55. The van der Waals surface area contributed by atoms with Crippen LogP contribution in [0.2, 0.25) is 0 Å². The molecule has 0 amide bonds. The van der Waals surface area contributed by atoms with E-state index in [9.17, 15) is 0 Å². The molecule has 0 aliphatic carbocycles. The molecule has 2 aromatic heterocycles. The van der Waals surface area contributed by atoms with E-state index in [2.05, 4.69) is 46.4 Å². The molecular formula is C33H37N3O3. The second kappa shape index (κ2) is 14.0. The molecule has 202 valence electrons. The van der Waals surface area contributed by atoms with Gasteiger partial charge in [-0.05, 0) is 81.5 Å². The molecule has 6 heteroatoms. The lowest BCUT2D eigenvalue weighted by molar-refractivity contribution is 0.261. The predicted octanol–water partition coefficient (Wildman–Crippen LogP) is 7.09. The molecule has 0 fully saturated rings. The molecule has 5 aromatic rings. The average Bonchev–Trinajstić information content (AvgIpc) is 3.40. The van der Waals surface area contributed by atoms with E-state index in [0.717, 1.165) is 53.4 Å². The van der Waals surface area contributed by atoms with Crippen LogP contribution < -0.4 is 14.8 Å². The largest absolute Gasteiger partial charge is 0.497 e. The molecule has 0 unspecified atom stereocenters. The fraction of sp³-hybridized carbons (Fsp3) is 0.242. The Hall–Kier alpha value is -4.29. The van der Waals surface area contributed by atoms with Crippen molar-refractivity contribution < 1.29 is 13.9 Å². The van der Waals surface area contributed by atoms with Crippen molar-refractivity contribution in [2.24, 2.45) is 0 Å². The number of ether oxygens (including phenoxy) is 2. The molecule has 0 saturated carbocycles. The van der Waals surface area contributed by atoms with E-state index in [1.807, 2.05) is 80.8 Å². The predicted molar refractivity (Wildman–Crippen MR) is 160 cm³/mol. The van der Waals surface area contributed by atoms with Gasteiger partial charge in [-0.25, -0.2) is 4.98 Å². The van der Waals surface area contributed by atoms with Crippen molar-refractivity contribution in [1.82, 2.24) is 9.88 Å². The fourth-order valence-corrected chi connectivity index (χ4v) is 4.00. The van der Waals surface area contributed by atoms with Crippen molar-refractivity contribution in [3.05, 3.63) is 108 Å². The fourth-order valence-electron chi connectivity index (χ4n) is 4.00. The number of nitrogens with one attached hydrogen (secondary N) is 1. The van der Waals surface area contributed by atoms with E-state index in [-0.39, 0.29) is 0 Å². The first-order valence-corrected chi connectivity index (χ1v) is 13.2. The van der Waals surface area contributed by atoms with Crippen LogP contribution >= 0.6 is 0 Å². The Morgan fingerprint density at radius 1 is 0.872 bits per heavy atom. The van der Waals surface area contributed by atoms with Crippen LogP contribution in [0.5, 0.6) is 11.5 Å². The van der Waals surface area contributed by atoms with E-state index >= 15 is 0 Å². The van der Waals surface area contributed by atoms with E-state index < -0.39 is 0 Å². The van der Waals surface area contributed by atoms with Gasteiger partial charge in [0.15, 0.2) is 0 Å². The maximum absolute atomic E-state index is 6.03. The Bertz CT molecular complexity index is 1430. The first-order valence-electron chi connectivity index (χ1n) is 13.2. The van der Waals surface area contributed by atoms with Crippen LogP contribution in [0.1, 0.15) is 11.1 Å². The molecule has 0 aliphatic heterocycles. The van der Waals surface area contributed by atoms with E-state index in [1.165, 1.54) is 11.1 Å². The average molecular weight is 524 g/mol. The summed E-state index contributed by atoms with van der Waals surface area (Å²) in [5.41, 5.74) is 5.17. The zero-order valence-corrected chi connectivity index (χ0v) is 23.2. The third-order valence-electron chi connectivity index (χ3n) is 6.19. The van der Waals surface area contributed by atoms with Gasteiger partial charge < -0.3 is 24.1 Å². The number of nitrogens with zero attached hydrogens (tertiary/aromatic N) is 2. The summed E-state index contributed by atoms with van der Waals surface area (Å²) in [7, 11) is 5.75. The number of aryl methyl sites for hydroxylation is 1. The molecule has 39 heavy (non-hydrogen) atoms. The normalized spacial score (nSPS) is 10.7. The minimum atomic E-state index is 0.623. The maximum atomic E-state index is 6.03. The number of furan rings is 1. The van der Waals surface area contributed by atoms with E-state index in [4.69, 9.17) is 13.9 Å². The van der Waals surface area contributed by atoms with Crippen LogP contribution in [0.25, 0.3) is 22.4 Å². The quantitative estimate of drug-likeness (QED) is 0.211. The van der Waals surface area contributed by atoms with Crippen LogP contribution in [0, 0.1) is 6.92 Å². The summed E-state index contributed by atoms with van der Waals surface area (Å²) in [6.07, 6.45) is 2.66. The zero-order valence-electron chi connectivity index (χ0n) is 23.2. The molecule has 0 bridgehead atoms. The number of aromatic nitrogens is 1. The second-order valence-electron chi connectivity index (χ2n) is 9.55. The third-order valence-corrected chi connectivity index (χ3v) is 6.19. The number of pyridine rings is 1. The minimum Gasteiger partial charge on any atom is -0.497 e. The van der Waals surface area contributed by atoms with Gasteiger partial charge in [-0.15, -0.1) is 0 Å². The highest BCUT2D eigenvalue weighted by Gasteiger charge is 2.11. The van der Waals surface area contributed by atoms with Gasteiger partial charge in [-0.3, -0.25) is 0 Å². The number of hydrogen-bond acceptors (Lipinski definition) is 6. The Morgan fingerprint density at radius 3 is 2.36 bits per heavy atom. The molecule has 0 atom stereocenters. The van der Waals surface area contributed by atoms with Gasteiger partial charge >= 0.3 is 0 Å². The number of benzene rings is 3. The van der Waals surface area contributed by atoms with Gasteiger partial charge in [-0.2, -0.15) is 0 Å². The molecule has 1 N–H and O–H groups in total. The molecule has 0 radical (unpaired) electrons. The smallest absolute Gasteiger partial charge is 0.228 e. The number of fused-ring (bicyclic) bond motifs is 1. The van der Waals surface area contributed by atoms with Crippen molar-refractivity contribution in [1.29, 1.82) is 0 Å². The Balaban J connectivity index is 0.000000438. The van der Waals surface area contributed by atoms with Crippen molar-refractivity contribution in [2.45, 2.75) is 13.3 Å². The van der Waals surface area contributed by atoms with Crippen LogP contribution in [0.3, 0.4) is 0 Å². The van der Waals surface area contributed by atoms with Gasteiger partial charge in [-0.1, -0.05) is 48.0 Å². The lowest BCUT2D eigenvalue weighted by Crippen LogP contribution is -2.19. The highest BCUT2D eigenvalue weighted by atomic mass is 16.5. The van der Waals surface area contributed by atoms with Gasteiger partial charge in [0.2, 0.25) is 5.71 Å². The lowest BCUT2D eigenvalue weighted by Gasteiger charge is -2.11. The number of rotatable bonds is 10. The highest BCUT2D eigenvalue weighted by molar-refractivity contribution is 5.91. The summed E-state index contributed by atoms with van der Waals surface area (Å²) < 4.78 is 17.1.